The molecular weight excluding hydrogens is 232 g/mol. The maximum Gasteiger partial charge on any atom is 0.305 e. The number of carbonyl (C=O) groups is 2. The number of benzene rings is 1. The number of nitrogens with one attached hydrogen (secondary N) is 2. The van der Waals surface area contributed by atoms with Crippen LogP contribution in [0.2, 0.25) is 0 Å². The summed E-state index contributed by atoms with van der Waals surface area (Å²) in [5.41, 5.74) is 5.39. The molecule has 1 aromatic carbocycles. The van der Waals surface area contributed by atoms with Crippen LogP contribution in [-0.4, -0.2) is 11.8 Å². The summed E-state index contributed by atoms with van der Waals surface area (Å²) in [5, 5.41) is 0.858. The zero-order valence-electron chi connectivity index (χ0n) is 9.60. The Kier molecular flexibility index (Phi) is 2.51. The van der Waals surface area contributed by atoms with E-state index in [1.165, 1.54) is 0 Å². The topological polar surface area (TPSA) is 71.3 Å². The van der Waals surface area contributed by atoms with Gasteiger partial charge in [0.2, 0.25) is 5.91 Å². The molecule has 0 aliphatic heterocycles. The first-order valence-electron chi connectivity index (χ1n) is 5.83. The molecule has 0 bridgehead atoms. The van der Waals surface area contributed by atoms with Gasteiger partial charge in [0.05, 0.1) is 0 Å². The summed E-state index contributed by atoms with van der Waals surface area (Å²) in [6.45, 7) is 0. The van der Waals surface area contributed by atoms with Gasteiger partial charge in [0.15, 0.2) is 5.76 Å². The molecule has 92 valence electrons. The number of carbonyl (C=O) groups excluding carboxylic acids is 2. The Balaban J connectivity index is 1.69. The summed E-state index contributed by atoms with van der Waals surface area (Å²) < 4.78 is 5.37. The predicted octanol–water partition coefficient (Wildman–Crippen LogP) is 1.60. The number of fused-ring (bicyclic) bond motifs is 1. The molecule has 1 aliphatic carbocycles. The van der Waals surface area contributed by atoms with Gasteiger partial charge < -0.3 is 4.42 Å². The number of para-hydroxylation sites is 1. The zero-order chi connectivity index (χ0) is 12.5. The third kappa shape index (κ3) is 2.07. The minimum absolute atomic E-state index is 0.0565. The lowest BCUT2D eigenvalue weighted by atomic mass is 10.2. The summed E-state index contributed by atoms with van der Waals surface area (Å²) in [6, 6.07) is 9.00. The summed E-state index contributed by atoms with van der Waals surface area (Å²) >= 11 is 0. The normalized spacial score (nSPS) is 14.4. The smallest absolute Gasteiger partial charge is 0.305 e. The van der Waals surface area contributed by atoms with E-state index in [2.05, 4.69) is 10.9 Å². The SMILES string of the molecule is O=C(NNC(=O)C1CC1)c1cc2ccccc2o1. The Hall–Kier alpha value is -2.30. The van der Waals surface area contributed by atoms with Crippen LogP contribution in [-0.2, 0) is 4.79 Å². The van der Waals surface area contributed by atoms with Crippen LogP contribution in [0.4, 0.5) is 0 Å². The highest BCUT2D eigenvalue weighted by Crippen LogP contribution is 2.28. The van der Waals surface area contributed by atoms with Crippen molar-refractivity contribution in [2.24, 2.45) is 5.92 Å². The zero-order valence-corrected chi connectivity index (χ0v) is 9.60. The van der Waals surface area contributed by atoms with Gasteiger partial charge in [0.1, 0.15) is 5.58 Å². The highest BCUT2D eigenvalue weighted by molar-refractivity contribution is 5.97. The second-order valence-electron chi connectivity index (χ2n) is 4.37. The molecule has 1 saturated carbocycles. The van der Waals surface area contributed by atoms with E-state index in [0.29, 0.717) is 5.58 Å². The fourth-order valence-corrected chi connectivity index (χ4v) is 1.72. The second kappa shape index (κ2) is 4.18. The van der Waals surface area contributed by atoms with E-state index in [9.17, 15) is 9.59 Å². The van der Waals surface area contributed by atoms with Gasteiger partial charge in [0.25, 0.3) is 0 Å². The van der Waals surface area contributed by atoms with Crippen molar-refractivity contribution in [3.63, 3.8) is 0 Å². The number of hydrogen-bond donors (Lipinski definition) is 2. The van der Waals surface area contributed by atoms with E-state index in [1.54, 1.807) is 12.1 Å². The van der Waals surface area contributed by atoms with Crippen LogP contribution < -0.4 is 10.9 Å². The summed E-state index contributed by atoms with van der Waals surface area (Å²) in [6.07, 6.45) is 1.79. The van der Waals surface area contributed by atoms with Crippen LogP contribution in [0, 0.1) is 5.92 Å². The first-order valence-corrected chi connectivity index (χ1v) is 5.83. The minimum atomic E-state index is -0.444. The van der Waals surface area contributed by atoms with Crippen molar-refractivity contribution in [3.8, 4) is 0 Å². The van der Waals surface area contributed by atoms with Crippen molar-refractivity contribution >= 4 is 22.8 Å². The van der Waals surface area contributed by atoms with Gasteiger partial charge in [0, 0.05) is 11.3 Å². The van der Waals surface area contributed by atoms with E-state index in [0.717, 1.165) is 18.2 Å². The minimum Gasteiger partial charge on any atom is -0.451 e. The van der Waals surface area contributed by atoms with Gasteiger partial charge in [-0.25, -0.2) is 0 Å². The van der Waals surface area contributed by atoms with Crippen molar-refractivity contribution in [3.05, 3.63) is 36.1 Å². The average Bonchev–Trinajstić information content (AvgIpc) is 3.14. The Morgan fingerprint density at radius 2 is 1.94 bits per heavy atom. The van der Waals surface area contributed by atoms with Crippen LogP contribution in [0.5, 0.6) is 0 Å². The molecule has 2 aromatic rings. The molecule has 5 nitrogen and oxygen atoms in total. The lowest BCUT2D eigenvalue weighted by Crippen LogP contribution is -2.42. The number of furan rings is 1. The lowest BCUT2D eigenvalue weighted by molar-refractivity contribution is -0.123. The summed E-state index contributed by atoms with van der Waals surface area (Å²) in [7, 11) is 0. The van der Waals surface area contributed by atoms with Gasteiger partial charge in [-0.15, -0.1) is 0 Å². The third-order valence-electron chi connectivity index (χ3n) is 2.90. The van der Waals surface area contributed by atoms with Crippen molar-refractivity contribution < 1.29 is 14.0 Å². The highest BCUT2D eigenvalue weighted by atomic mass is 16.3. The number of amides is 2. The van der Waals surface area contributed by atoms with E-state index in [4.69, 9.17) is 4.42 Å². The molecule has 0 atom stereocenters. The van der Waals surface area contributed by atoms with Crippen LogP contribution in [0.15, 0.2) is 34.7 Å². The Labute approximate surface area is 103 Å². The van der Waals surface area contributed by atoms with E-state index < -0.39 is 5.91 Å². The van der Waals surface area contributed by atoms with Crippen LogP contribution >= 0.6 is 0 Å². The van der Waals surface area contributed by atoms with Gasteiger partial charge in [-0.05, 0) is 25.0 Å². The molecule has 0 radical (unpaired) electrons. The molecule has 2 N–H and O–H groups in total. The van der Waals surface area contributed by atoms with E-state index in [1.807, 2.05) is 18.2 Å². The monoisotopic (exact) mass is 244 g/mol. The summed E-state index contributed by atoms with van der Waals surface area (Å²) in [4.78, 5) is 23.1. The predicted molar refractivity (Wildman–Crippen MR) is 64.5 cm³/mol. The van der Waals surface area contributed by atoms with Crippen molar-refractivity contribution in [2.75, 3.05) is 0 Å². The molecule has 0 saturated heterocycles. The number of rotatable bonds is 2. The van der Waals surface area contributed by atoms with Crippen molar-refractivity contribution in [2.45, 2.75) is 12.8 Å². The second-order valence-corrected chi connectivity index (χ2v) is 4.37. The molecule has 1 fully saturated rings. The van der Waals surface area contributed by atoms with Crippen LogP contribution in [0.25, 0.3) is 11.0 Å². The molecule has 0 spiro atoms. The molecule has 1 aliphatic rings. The number of hydrogen-bond acceptors (Lipinski definition) is 3. The molecule has 0 unspecified atom stereocenters. The van der Waals surface area contributed by atoms with E-state index >= 15 is 0 Å². The number of hydrazine groups is 1. The van der Waals surface area contributed by atoms with Crippen LogP contribution in [0.3, 0.4) is 0 Å². The quantitative estimate of drug-likeness (QED) is 0.788. The maximum atomic E-state index is 11.7. The molecular formula is C13H12N2O3. The Morgan fingerprint density at radius 1 is 1.17 bits per heavy atom. The highest BCUT2D eigenvalue weighted by Gasteiger charge is 2.29. The Bertz CT molecular complexity index is 580. The first kappa shape index (κ1) is 10.8. The lowest BCUT2D eigenvalue weighted by Gasteiger charge is -2.03. The Morgan fingerprint density at radius 3 is 2.67 bits per heavy atom. The van der Waals surface area contributed by atoms with Gasteiger partial charge >= 0.3 is 5.91 Å². The maximum absolute atomic E-state index is 11.7. The van der Waals surface area contributed by atoms with Gasteiger partial charge in [-0.2, -0.15) is 0 Å². The molecule has 18 heavy (non-hydrogen) atoms. The average molecular weight is 244 g/mol. The van der Waals surface area contributed by atoms with Crippen molar-refractivity contribution in [1.29, 1.82) is 0 Å². The molecule has 1 heterocycles. The van der Waals surface area contributed by atoms with Crippen LogP contribution in [0.1, 0.15) is 23.4 Å². The standard InChI is InChI=1S/C13H12N2O3/c16-12(8-5-6-8)14-15-13(17)11-7-9-3-1-2-4-10(9)18-11/h1-4,7-8H,5-6H2,(H,14,16)(H,15,17). The third-order valence-corrected chi connectivity index (χ3v) is 2.90. The molecule has 2 amide bonds. The van der Waals surface area contributed by atoms with E-state index in [-0.39, 0.29) is 17.6 Å². The largest absolute Gasteiger partial charge is 0.451 e. The van der Waals surface area contributed by atoms with Crippen molar-refractivity contribution in [1.82, 2.24) is 10.9 Å². The van der Waals surface area contributed by atoms with Gasteiger partial charge in [-0.1, -0.05) is 18.2 Å². The summed E-state index contributed by atoms with van der Waals surface area (Å²) in [5.74, 6) is -0.340. The first-order chi connectivity index (χ1) is 8.74. The molecule has 3 rings (SSSR count). The fraction of sp³-hybridized carbons (Fsp3) is 0.231. The molecule has 5 heteroatoms. The molecule has 1 aromatic heterocycles. The van der Waals surface area contributed by atoms with Gasteiger partial charge in [-0.3, -0.25) is 20.4 Å². The fourth-order valence-electron chi connectivity index (χ4n) is 1.72.